The van der Waals surface area contributed by atoms with Gasteiger partial charge in [0.25, 0.3) is 0 Å². The molecule has 1 aliphatic carbocycles. The highest BCUT2D eigenvalue weighted by Crippen LogP contribution is 2.48. The van der Waals surface area contributed by atoms with Crippen LogP contribution in [0.25, 0.3) is 0 Å². The number of benzene rings is 1. The predicted octanol–water partition coefficient (Wildman–Crippen LogP) is 3.07. The van der Waals surface area contributed by atoms with E-state index in [0.29, 0.717) is 0 Å². The Bertz CT molecular complexity index is 579. The Kier molecular flexibility index (Phi) is 4.97. The van der Waals surface area contributed by atoms with Gasteiger partial charge in [-0.15, -0.1) is 0 Å². The second-order valence-electron chi connectivity index (χ2n) is 7.14. The van der Waals surface area contributed by atoms with Gasteiger partial charge in [0, 0.05) is 28.4 Å². The van der Waals surface area contributed by atoms with Crippen LogP contribution in [0.2, 0.25) is 0 Å². The van der Waals surface area contributed by atoms with Crippen molar-refractivity contribution in [3.8, 4) is 0 Å². The first-order chi connectivity index (χ1) is 11.1. The molecular weight excluding hydrogens is 354 g/mol. The van der Waals surface area contributed by atoms with Crippen LogP contribution in [0.15, 0.2) is 33.7 Å². The van der Waals surface area contributed by atoms with Crippen molar-refractivity contribution in [1.82, 2.24) is 10.6 Å². The number of rotatable bonds is 6. The number of nitrogens with one attached hydrogen (secondary N) is 2. The van der Waals surface area contributed by atoms with E-state index in [1.165, 1.54) is 18.4 Å². The fourth-order valence-corrected chi connectivity index (χ4v) is 3.34. The SMILES string of the molecule is CCNC(=NCC1(C)COC1)NCC1(c2cccc(Br)c2)CC1. The van der Waals surface area contributed by atoms with E-state index in [0.717, 1.165) is 43.3 Å². The summed E-state index contributed by atoms with van der Waals surface area (Å²) < 4.78 is 6.46. The molecule has 4 nitrogen and oxygen atoms in total. The normalized spacial score (nSPS) is 21.4. The van der Waals surface area contributed by atoms with Crippen molar-refractivity contribution in [3.05, 3.63) is 34.3 Å². The first kappa shape index (κ1) is 16.8. The number of ether oxygens (including phenoxy) is 1. The second-order valence-corrected chi connectivity index (χ2v) is 8.06. The zero-order valence-electron chi connectivity index (χ0n) is 14.0. The molecule has 5 heteroatoms. The van der Waals surface area contributed by atoms with Gasteiger partial charge in [0.1, 0.15) is 0 Å². The van der Waals surface area contributed by atoms with Gasteiger partial charge in [-0.1, -0.05) is 35.0 Å². The maximum atomic E-state index is 5.31. The number of halogens is 1. The lowest BCUT2D eigenvalue weighted by Gasteiger charge is -2.36. The van der Waals surface area contributed by atoms with E-state index in [4.69, 9.17) is 9.73 Å². The molecule has 2 N–H and O–H groups in total. The Morgan fingerprint density at radius 2 is 2.09 bits per heavy atom. The summed E-state index contributed by atoms with van der Waals surface area (Å²) in [6.45, 7) is 8.59. The lowest BCUT2D eigenvalue weighted by Crippen LogP contribution is -2.45. The van der Waals surface area contributed by atoms with Crippen molar-refractivity contribution in [1.29, 1.82) is 0 Å². The van der Waals surface area contributed by atoms with E-state index >= 15 is 0 Å². The minimum absolute atomic E-state index is 0.212. The van der Waals surface area contributed by atoms with Crippen molar-refractivity contribution in [2.75, 3.05) is 32.8 Å². The molecular formula is C18H26BrN3O. The first-order valence-electron chi connectivity index (χ1n) is 8.41. The molecule has 0 aromatic heterocycles. The van der Waals surface area contributed by atoms with E-state index in [2.05, 4.69) is 64.7 Å². The summed E-state index contributed by atoms with van der Waals surface area (Å²) >= 11 is 3.58. The Labute approximate surface area is 147 Å². The van der Waals surface area contributed by atoms with Gasteiger partial charge in [-0.05, 0) is 37.5 Å². The fourth-order valence-electron chi connectivity index (χ4n) is 2.94. The topological polar surface area (TPSA) is 45.7 Å². The van der Waals surface area contributed by atoms with Crippen LogP contribution >= 0.6 is 15.9 Å². The summed E-state index contributed by atoms with van der Waals surface area (Å²) in [5, 5.41) is 6.90. The molecule has 0 radical (unpaired) electrons. The summed E-state index contributed by atoms with van der Waals surface area (Å²) in [5.74, 6) is 0.918. The lowest BCUT2D eigenvalue weighted by atomic mass is 9.89. The molecule has 0 unspecified atom stereocenters. The Hall–Kier alpha value is -1.07. The van der Waals surface area contributed by atoms with E-state index in [9.17, 15) is 0 Å². The molecule has 1 aliphatic heterocycles. The van der Waals surface area contributed by atoms with Gasteiger partial charge in [-0.25, -0.2) is 0 Å². The number of aliphatic imine (C=N–C) groups is 1. The number of guanidine groups is 1. The van der Waals surface area contributed by atoms with Crippen LogP contribution in [0, 0.1) is 5.41 Å². The van der Waals surface area contributed by atoms with Gasteiger partial charge in [0.05, 0.1) is 19.8 Å². The molecule has 126 valence electrons. The van der Waals surface area contributed by atoms with Crippen molar-refractivity contribution in [3.63, 3.8) is 0 Å². The largest absolute Gasteiger partial charge is 0.380 e. The fraction of sp³-hybridized carbons (Fsp3) is 0.611. The highest BCUT2D eigenvalue weighted by molar-refractivity contribution is 9.10. The van der Waals surface area contributed by atoms with E-state index in [1.54, 1.807) is 0 Å². The molecule has 1 aromatic rings. The molecule has 23 heavy (non-hydrogen) atoms. The molecule has 0 bridgehead atoms. The molecule has 1 heterocycles. The Balaban J connectivity index is 1.61. The third kappa shape index (κ3) is 4.07. The van der Waals surface area contributed by atoms with Gasteiger partial charge in [0.15, 0.2) is 5.96 Å². The van der Waals surface area contributed by atoms with Gasteiger partial charge in [-0.2, -0.15) is 0 Å². The highest BCUT2D eigenvalue weighted by atomic mass is 79.9. The zero-order chi connectivity index (χ0) is 16.3. The first-order valence-corrected chi connectivity index (χ1v) is 9.21. The van der Waals surface area contributed by atoms with Gasteiger partial charge in [0.2, 0.25) is 0 Å². The molecule has 2 fully saturated rings. The predicted molar refractivity (Wildman–Crippen MR) is 98.0 cm³/mol. The maximum Gasteiger partial charge on any atom is 0.191 e. The number of nitrogens with zero attached hydrogens (tertiary/aromatic N) is 1. The van der Waals surface area contributed by atoms with Crippen LogP contribution in [0.4, 0.5) is 0 Å². The molecule has 0 atom stereocenters. The lowest BCUT2D eigenvalue weighted by molar-refractivity contribution is -0.0945. The van der Waals surface area contributed by atoms with Crippen LogP contribution in [0.1, 0.15) is 32.3 Å². The minimum atomic E-state index is 0.212. The van der Waals surface area contributed by atoms with Gasteiger partial charge in [-0.3, -0.25) is 4.99 Å². The quantitative estimate of drug-likeness (QED) is 0.589. The van der Waals surface area contributed by atoms with Crippen molar-refractivity contribution in [2.24, 2.45) is 10.4 Å². The molecule has 3 rings (SSSR count). The summed E-state index contributed by atoms with van der Waals surface area (Å²) in [6, 6.07) is 8.68. The van der Waals surface area contributed by atoms with Crippen LogP contribution < -0.4 is 10.6 Å². The molecule has 0 spiro atoms. The van der Waals surface area contributed by atoms with Crippen molar-refractivity contribution >= 4 is 21.9 Å². The van der Waals surface area contributed by atoms with Gasteiger partial charge < -0.3 is 15.4 Å². The Morgan fingerprint density at radius 3 is 2.65 bits per heavy atom. The average molecular weight is 380 g/mol. The van der Waals surface area contributed by atoms with E-state index in [1.807, 2.05) is 0 Å². The monoisotopic (exact) mass is 379 g/mol. The summed E-state index contributed by atoms with van der Waals surface area (Å²) in [4.78, 5) is 4.75. The zero-order valence-corrected chi connectivity index (χ0v) is 15.6. The molecule has 1 saturated heterocycles. The third-order valence-electron chi connectivity index (χ3n) is 4.75. The smallest absolute Gasteiger partial charge is 0.191 e. The van der Waals surface area contributed by atoms with Crippen molar-refractivity contribution in [2.45, 2.75) is 32.1 Å². The standard InChI is InChI=1S/C18H26BrN3O/c1-3-20-16(21-10-17(2)12-23-13-17)22-11-18(7-8-18)14-5-4-6-15(19)9-14/h4-6,9H,3,7-8,10-13H2,1-2H3,(H2,20,21,22). The summed E-state index contributed by atoms with van der Waals surface area (Å²) in [6.07, 6.45) is 2.48. The van der Waals surface area contributed by atoms with Crippen LogP contribution in [0.3, 0.4) is 0 Å². The summed E-state index contributed by atoms with van der Waals surface area (Å²) in [7, 11) is 0. The Morgan fingerprint density at radius 1 is 1.30 bits per heavy atom. The van der Waals surface area contributed by atoms with Crippen molar-refractivity contribution < 1.29 is 4.74 Å². The van der Waals surface area contributed by atoms with E-state index in [-0.39, 0.29) is 10.8 Å². The van der Waals surface area contributed by atoms with Gasteiger partial charge >= 0.3 is 0 Å². The third-order valence-corrected chi connectivity index (χ3v) is 5.24. The second kappa shape index (κ2) is 6.81. The van der Waals surface area contributed by atoms with Crippen LogP contribution in [-0.2, 0) is 10.2 Å². The molecule has 0 amide bonds. The van der Waals surface area contributed by atoms with Crippen LogP contribution in [0.5, 0.6) is 0 Å². The van der Waals surface area contributed by atoms with E-state index < -0.39 is 0 Å². The molecule has 2 aliphatic rings. The molecule has 1 aromatic carbocycles. The number of hydrogen-bond donors (Lipinski definition) is 2. The number of hydrogen-bond acceptors (Lipinski definition) is 2. The highest BCUT2D eigenvalue weighted by Gasteiger charge is 2.44. The minimum Gasteiger partial charge on any atom is -0.380 e. The molecule has 1 saturated carbocycles. The maximum absolute atomic E-state index is 5.31. The average Bonchev–Trinajstić information content (AvgIpc) is 3.29. The van der Waals surface area contributed by atoms with Crippen LogP contribution in [-0.4, -0.2) is 38.8 Å². The summed E-state index contributed by atoms with van der Waals surface area (Å²) in [5.41, 5.74) is 1.89.